The zero-order valence-electron chi connectivity index (χ0n) is 38.3. The van der Waals surface area contributed by atoms with Crippen molar-refractivity contribution in [3.8, 4) is 0 Å². The van der Waals surface area contributed by atoms with Gasteiger partial charge in [0.15, 0.2) is 5.79 Å². The Morgan fingerprint density at radius 1 is 0.787 bits per heavy atom. The van der Waals surface area contributed by atoms with Gasteiger partial charge in [0, 0.05) is 82.0 Å². The lowest BCUT2D eigenvalue weighted by Gasteiger charge is -2.51. The van der Waals surface area contributed by atoms with Gasteiger partial charge in [0.05, 0.1) is 61.0 Å². The van der Waals surface area contributed by atoms with E-state index >= 15 is 0 Å². The summed E-state index contributed by atoms with van der Waals surface area (Å²) >= 11 is 0. The number of hydrogen-bond acceptors (Lipinski definition) is 12. The summed E-state index contributed by atoms with van der Waals surface area (Å²) in [6.45, 7) is 14.1. The van der Waals surface area contributed by atoms with Gasteiger partial charge >= 0.3 is 5.97 Å². The maximum absolute atomic E-state index is 13.5. The average molecular weight is 861 g/mol. The molecule has 4 heterocycles. The van der Waals surface area contributed by atoms with Crippen LogP contribution in [0.4, 0.5) is 0 Å². The van der Waals surface area contributed by atoms with E-state index in [1.807, 2.05) is 50.3 Å². The lowest BCUT2D eigenvalue weighted by atomic mass is 9.80. The van der Waals surface area contributed by atoms with Crippen LogP contribution in [0, 0.1) is 35.5 Å². The highest BCUT2D eigenvalue weighted by atomic mass is 16.7. The highest BCUT2D eigenvalue weighted by Gasteiger charge is 2.55. The van der Waals surface area contributed by atoms with Gasteiger partial charge in [-0.3, -0.25) is 0 Å². The van der Waals surface area contributed by atoms with E-state index in [0.717, 1.165) is 25.7 Å². The first kappa shape index (κ1) is 51.4. The lowest BCUT2D eigenvalue weighted by Crippen LogP contribution is -2.58. The standard InChI is InChI=1S/C49H80O12/c1-10-17-33(5)46-48(59-46)47(57-9)35(7)41-20-16-25-49(60-41)29-44-34(6)43(61-49)28-39(53)30(2)18-14-12-11-13-15-19-42(56-8)40(54)27-38(52)31(3)21-23-36(50)26-37(51)32(4)22-24-45(55)58-44/h11-15,18,21-24,30-44,46-48,50-54H,10,16-17,19-20,25-29H2,1-9H3/b12-11-,15-13+,18-14+,23-21+,24-22-. The number of aliphatic hydroxyl groups excluding tert-OH is 5. The Hall–Kier alpha value is -2.23. The van der Waals surface area contributed by atoms with Gasteiger partial charge in [0.1, 0.15) is 12.2 Å². The van der Waals surface area contributed by atoms with Crippen LogP contribution in [0.5, 0.6) is 0 Å². The van der Waals surface area contributed by atoms with Crippen molar-refractivity contribution in [2.45, 2.75) is 192 Å². The van der Waals surface area contributed by atoms with Crippen molar-refractivity contribution in [3.63, 3.8) is 0 Å². The summed E-state index contributed by atoms with van der Waals surface area (Å²) in [5.74, 6) is -2.48. The Labute approximate surface area is 366 Å². The van der Waals surface area contributed by atoms with E-state index in [2.05, 4.69) is 20.8 Å². The number of hydrogen-bond donors (Lipinski definition) is 5. The summed E-state index contributed by atoms with van der Waals surface area (Å²) in [4.78, 5) is 13.5. The van der Waals surface area contributed by atoms with Gasteiger partial charge in [-0.15, -0.1) is 0 Å². The van der Waals surface area contributed by atoms with Gasteiger partial charge in [-0.2, -0.15) is 0 Å². The van der Waals surface area contributed by atoms with Crippen LogP contribution < -0.4 is 0 Å². The summed E-state index contributed by atoms with van der Waals surface area (Å²) < 4.78 is 37.9. The average Bonchev–Trinajstić information content (AvgIpc) is 4.02. The van der Waals surface area contributed by atoms with Crippen LogP contribution >= 0.6 is 0 Å². The number of epoxide rings is 1. The van der Waals surface area contributed by atoms with E-state index in [1.54, 1.807) is 33.1 Å². The molecule has 0 aromatic heterocycles. The minimum Gasteiger partial charge on any atom is -0.459 e. The molecule has 12 nitrogen and oxygen atoms in total. The Bertz CT molecular complexity index is 1460. The zero-order valence-corrected chi connectivity index (χ0v) is 38.3. The molecule has 19 unspecified atom stereocenters. The van der Waals surface area contributed by atoms with Crippen molar-refractivity contribution in [1.29, 1.82) is 0 Å². The molecule has 3 fully saturated rings. The molecular formula is C49H80O12. The van der Waals surface area contributed by atoms with Crippen LogP contribution in [0.25, 0.3) is 0 Å². The molecule has 0 amide bonds. The van der Waals surface area contributed by atoms with E-state index < -0.39 is 66.5 Å². The van der Waals surface area contributed by atoms with Gasteiger partial charge in [0.25, 0.3) is 0 Å². The second-order valence-electron chi connectivity index (χ2n) is 18.6. The highest BCUT2D eigenvalue weighted by Crippen LogP contribution is 2.47. The minimum atomic E-state index is -1.03. The van der Waals surface area contributed by atoms with Gasteiger partial charge in [-0.05, 0) is 31.6 Å². The van der Waals surface area contributed by atoms with Crippen molar-refractivity contribution in [2.75, 3.05) is 14.2 Å². The summed E-state index contributed by atoms with van der Waals surface area (Å²) in [6, 6.07) is 0. The number of carbonyl (C=O) groups is 1. The van der Waals surface area contributed by atoms with Crippen LogP contribution in [-0.4, -0.2) is 125 Å². The molecule has 348 valence electrons. The SMILES string of the molecule is CCCC(C)C1OC1C(OC)C(C)C1CCCC2(CC3OC(=O)/C=C\C(C)C(O)CC(O)/C=C/C(C)C(O)CC(O)C(OC)C/C=C/C=C\C=C\C(C)C(O)CC(O2)C3C)O1. The second kappa shape index (κ2) is 24.7. The molecule has 0 saturated carbocycles. The molecule has 61 heavy (non-hydrogen) atoms. The monoisotopic (exact) mass is 861 g/mol. The van der Waals surface area contributed by atoms with Crippen LogP contribution in [-0.2, 0) is 33.2 Å². The number of ether oxygens (including phenoxy) is 6. The number of carbonyl (C=O) groups excluding carboxylic acids is 1. The number of rotatable bonds is 8. The molecule has 0 aromatic carbocycles. The van der Waals surface area contributed by atoms with Crippen LogP contribution in [0.1, 0.15) is 113 Å². The number of methoxy groups -OCH3 is 2. The minimum absolute atomic E-state index is 0.00878. The second-order valence-corrected chi connectivity index (χ2v) is 18.6. The predicted octanol–water partition coefficient (Wildman–Crippen LogP) is 6.53. The fourth-order valence-electron chi connectivity index (χ4n) is 9.27. The maximum Gasteiger partial charge on any atom is 0.330 e. The van der Waals surface area contributed by atoms with Crippen molar-refractivity contribution >= 4 is 5.97 Å². The largest absolute Gasteiger partial charge is 0.459 e. The third kappa shape index (κ3) is 15.2. The molecule has 2 bridgehead atoms. The van der Waals surface area contributed by atoms with E-state index in [4.69, 9.17) is 28.4 Å². The van der Waals surface area contributed by atoms with E-state index in [9.17, 15) is 30.3 Å². The highest BCUT2D eigenvalue weighted by molar-refractivity contribution is 5.82. The molecule has 4 aliphatic heterocycles. The molecule has 0 radical (unpaired) electrons. The molecule has 19 atom stereocenters. The van der Waals surface area contributed by atoms with Crippen molar-refractivity contribution in [1.82, 2.24) is 0 Å². The molecule has 0 aromatic rings. The van der Waals surface area contributed by atoms with E-state index in [0.29, 0.717) is 31.6 Å². The number of allylic oxidation sites excluding steroid dienone is 4. The van der Waals surface area contributed by atoms with Crippen molar-refractivity contribution in [2.24, 2.45) is 35.5 Å². The third-order valence-corrected chi connectivity index (χ3v) is 13.7. The Kier molecular flexibility index (Phi) is 20.8. The molecule has 1 spiro atoms. The summed E-state index contributed by atoms with van der Waals surface area (Å²) in [5, 5.41) is 54.8. The molecule has 4 rings (SSSR count). The predicted molar refractivity (Wildman–Crippen MR) is 235 cm³/mol. The maximum atomic E-state index is 13.5. The van der Waals surface area contributed by atoms with Crippen LogP contribution in [0.15, 0.2) is 60.8 Å². The first-order chi connectivity index (χ1) is 29.0. The normalized spacial score (nSPS) is 44.3. The van der Waals surface area contributed by atoms with E-state index in [-0.39, 0.29) is 60.9 Å². The van der Waals surface area contributed by atoms with Crippen LogP contribution in [0.3, 0.4) is 0 Å². The molecular weight excluding hydrogens is 781 g/mol. The first-order valence-electron chi connectivity index (χ1n) is 23.1. The van der Waals surface area contributed by atoms with Gasteiger partial charge in [-0.25, -0.2) is 4.79 Å². The number of esters is 1. The number of fused-ring (bicyclic) bond motifs is 2. The Morgan fingerprint density at radius 3 is 2.16 bits per heavy atom. The zero-order chi connectivity index (χ0) is 44.9. The summed E-state index contributed by atoms with van der Waals surface area (Å²) in [6.07, 6.45) is 16.8. The molecule has 5 N–H and O–H groups in total. The van der Waals surface area contributed by atoms with Crippen molar-refractivity contribution < 1.29 is 58.7 Å². The number of aliphatic hydroxyl groups is 5. The van der Waals surface area contributed by atoms with Gasteiger partial charge < -0.3 is 54.0 Å². The molecule has 0 aliphatic carbocycles. The van der Waals surface area contributed by atoms with Crippen molar-refractivity contribution in [3.05, 3.63) is 60.8 Å². The summed E-state index contributed by atoms with van der Waals surface area (Å²) in [5.41, 5.74) is 0. The Morgan fingerprint density at radius 2 is 1.46 bits per heavy atom. The quantitative estimate of drug-likeness (QED) is 0.102. The smallest absolute Gasteiger partial charge is 0.330 e. The molecule has 4 aliphatic rings. The van der Waals surface area contributed by atoms with Gasteiger partial charge in [0.2, 0.25) is 0 Å². The fourth-order valence-corrected chi connectivity index (χ4v) is 9.27. The molecule has 12 heteroatoms. The lowest BCUT2D eigenvalue weighted by molar-refractivity contribution is -0.347. The summed E-state index contributed by atoms with van der Waals surface area (Å²) in [7, 11) is 3.26. The topological polar surface area (TPSA) is 177 Å². The third-order valence-electron chi connectivity index (χ3n) is 13.7. The van der Waals surface area contributed by atoms with Crippen LogP contribution in [0.2, 0.25) is 0 Å². The first-order valence-corrected chi connectivity index (χ1v) is 23.1. The van der Waals surface area contributed by atoms with Gasteiger partial charge in [-0.1, -0.05) is 110 Å². The van der Waals surface area contributed by atoms with E-state index in [1.165, 1.54) is 19.3 Å². The molecule has 3 saturated heterocycles. The fraction of sp³-hybridized carbons (Fsp3) is 0.776. The Balaban J connectivity index is 1.56.